The zero-order chi connectivity index (χ0) is 16.2. The van der Waals surface area contributed by atoms with Gasteiger partial charge in [0, 0.05) is 12.6 Å². The molecule has 1 aromatic carbocycles. The monoisotopic (exact) mass is 364 g/mol. The third kappa shape index (κ3) is 4.49. The lowest BCUT2D eigenvalue weighted by atomic mass is 9.93. The Morgan fingerprint density at radius 1 is 1.36 bits per heavy atom. The number of nitrogens with one attached hydrogen (secondary N) is 2. The molecule has 1 fully saturated rings. The highest BCUT2D eigenvalue weighted by molar-refractivity contribution is 7.89. The molecular formula is C13H18Cl2N4O2S. The van der Waals surface area contributed by atoms with Gasteiger partial charge in [0.25, 0.3) is 0 Å². The predicted octanol–water partition coefficient (Wildman–Crippen LogP) is 1.73. The first-order chi connectivity index (χ1) is 10.4. The van der Waals surface area contributed by atoms with Crippen molar-refractivity contribution in [3.05, 3.63) is 28.2 Å². The molecule has 0 amide bonds. The minimum absolute atomic E-state index is 0.00586. The Balaban J connectivity index is 1.87. The van der Waals surface area contributed by atoms with Crippen molar-refractivity contribution in [3.8, 4) is 0 Å². The van der Waals surface area contributed by atoms with E-state index in [1.54, 1.807) is 0 Å². The first-order valence-electron chi connectivity index (χ1n) is 6.90. The van der Waals surface area contributed by atoms with E-state index in [0.717, 1.165) is 12.8 Å². The van der Waals surface area contributed by atoms with Gasteiger partial charge in [0.15, 0.2) is 5.96 Å². The van der Waals surface area contributed by atoms with Gasteiger partial charge in [-0.2, -0.15) is 0 Å². The second-order valence-electron chi connectivity index (χ2n) is 4.99. The van der Waals surface area contributed by atoms with E-state index < -0.39 is 10.0 Å². The molecule has 22 heavy (non-hydrogen) atoms. The number of halogens is 2. The van der Waals surface area contributed by atoms with Gasteiger partial charge in [-0.3, -0.25) is 4.99 Å². The molecule has 0 aliphatic heterocycles. The van der Waals surface area contributed by atoms with Crippen molar-refractivity contribution in [1.29, 1.82) is 0 Å². The molecule has 1 aromatic rings. The lowest BCUT2D eigenvalue weighted by Crippen LogP contribution is -2.44. The Kier molecular flexibility index (Phi) is 5.91. The van der Waals surface area contributed by atoms with Crippen LogP contribution in [0.15, 0.2) is 28.1 Å². The van der Waals surface area contributed by atoms with Gasteiger partial charge in [-0.15, -0.1) is 0 Å². The molecule has 4 N–H and O–H groups in total. The van der Waals surface area contributed by atoms with Gasteiger partial charge in [0.05, 0.1) is 16.6 Å². The van der Waals surface area contributed by atoms with E-state index >= 15 is 0 Å². The third-order valence-electron chi connectivity index (χ3n) is 3.35. The van der Waals surface area contributed by atoms with Crippen molar-refractivity contribution in [2.75, 3.05) is 13.1 Å². The first-order valence-corrected chi connectivity index (χ1v) is 9.14. The lowest BCUT2D eigenvalue weighted by Gasteiger charge is -2.26. The number of benzene rings is 1. The summed E-state index contributed by atoms with van der Waals surface area (Å²) >= 11 is 11.7. The van der Waals surface area contributed by atoms with Gasteiger partial charge in [0.1, 0.15) is 4.90 Å². The van der Waals surface area contributed by atoms with Crippen LogP contribution in [-0.4, -0.2) is 33.5 Å². The topological polar surface area (TPSA) is 96.6 Å². The van der Waals surface area contributed by atoms with Crippen molar-refractivity contribution in [1.82, 2.24) is 10.0 Å². The fourth-order valence-electron chi connectivity index (χ4n) is 1.93. The molecular weight excluding hydrogens is 347 g/mol. The smallest absolute Gasteiger partial charge is 0.242 e. The average molecular weight is 365 g/mol. The van der Waals surface area contributed by atoms with E-state index in [-0.39, 0.29) is 28.0 Å². The first kappa shape index (κ1) is 17.3. The molecule has 1 saturated carbocycles. The number of nitrogens with two attached hydrogens (primary N) is 1. The second-order valence-corrected chi connectivity index (χ2v) is 7.51. The molecule has 2 rings (SSSR count). The molecule has 0 atom stereocenters. The molecule has 0 saturated heterocycles. The Hall–Kier alpha value is -1.02. The summed E-state index contributed by atoms with van der Waals surface area (Å²) in [4.78, 5) is 4.03. The van der Waals surface area contributed by atoms with Crippen LogP contribution in [0.2, 0.25) is 10.0 Å². The maximum Gasteiger partial charge on any atom is 0.242 e. The van der Waals surface area contributed by atoms with Crippen LogP contribution < -0.4 is 15.8 Å². The number of nitrogens with zero attached hydrogens (tertiary/aromatic N) is 1. The minimum Gasteiger partial charge on any atom is -0.370 e. The van der Waals surface area contributed by atoms with Gasteiger partial charge < -0.3 is 11.1 Å². The molecule has 0 aromatic heterocycles. The Bertz CT molecular complexity index is 660. The zero-order valence-corrected chi connectivity index (χ0v) is 14.2. The van der Waals surface area contributed by atoms with E-state index in [1.165, 1.54) is 24.6 Å². The van der Waals surface area contributed by atoms with Crippen LogP contribution in [0.25, 0.3) is 0 Å². The molecule has 1 aliphatic carbocycles. The van der Waals surface area contributed by atoms with Crippen LogP contribution in [-0.2, 0) is 10.0 Å². The summed E-state index contributed by atoms with van der Waals surface area (Å²) in [5, 5.41) is 3.27. The summed E-state index contributed by atoms with van der Waals surface area (Å²) in [6.07, 6.45) is 3.39. The van der Waals surface area contributed by atoms with Gasteiger partial charge in [-0.05, 0) is 31.4 Å². The normalized spacial score (nSPS) is 16.4. The summed E-state index contributed by atoms with van der Waals surface area (Å²) in [5.41, 5.74) is 5.71. The molecule has 0 bridgehead atoms. The Morgan fingerprint density at radius 2 is 2.09 bits per heavy atom. The molecule has 0 unspecified atom stereocenters. The van der Waals surface area contributed by atoms with Gasteiger partial charge in [-0.1, -0.05) is 29.3 Å². The summed E-state index contributed by atoms with van der Waals surface area (Å²) < 4.78 is 26.7. The largest absolute Gasteiger partial charge is 0.370 e. The number of rotatable bonds is 6. The van der Waals surface area contributed by atoms with E-state index in [9.17, 15) is 8.42 Å². The highest BCUT2D eigenvalue weighted by Gasteiger charge is 2.19. The minimum atomic E-state index is -3.72. The lowest BCUT2D eigenvalue weighted by molar-refractivity contribution is 0.382. The molecule has 0 spiro atoms. The van der Waals surface area contributed by atoms with Crippen LogP contribution in [0.5, 0.6) is 0 Å². The summed E-state index contributed by atoms with van der Waals surface area (Å²) in [6, 6.07) is 4.85. The van der Waals surface area contributed by atoms with Crippen molar-refractivity contribution < 1.29 is 8.42 Å². The van der Waals surface area contributed by atoms with Gasteiger partial charge >= 0.3 is 0 Å². The number of sulfonamides is 1. The quantitative estimate of drug-likeness (QED) is 0.406. The number of guanidine groups is 1. The molecule has 9 heteroatoms. The maximum atomic E-state index is 12.1. The number of hydrogen-bond acceptors (Lipinski definition) is 3. The summed E-state index contributed by atoms with van der Waals surface area (Å²) in [5.74, 6) is 0.338. The summed E-state index contributed by atoms with van der Waals surface area (Å²) in [6.45, 7) is 0.362. The molecule has 1 aliphatic rings. The standard InChI is InChI=1S/C13H18Cl2N4O2S/c14-10-5-2-6-11(12(10)15)22(20,21)18-8-7-17-13(16)19-9-3-1-4-9/h2,5-6,9,18H,1,3-4,7-8H2,(H3,16,17,19). The van der Waals surface area contributed by atoms with E-state index in [2.05, 4.69) is 15.0 Å². The summed E-state index contributed by atoms with van der Waals surface area (Å²) in [7, 11) is -3.72. The molecule has 6 nitrogen and oxygen atoms in total. The van der Waals surface area contributed by atoms with E-state index in [4.69, 9.17) is 28.9 Å². The third-order valence-corrected chi connectivity index (χ3v) is 5.78. The van der Waals surface area contributed by atoms with Crippen molar-refractivity contribution >= 4 is 39.2 Å². The fraction of sp³-hybridized carbons (Fsp3) is 0.462. The number of hydrogen-bond donors (Lipinski definition) is 3. The molecule has 0 heterocycles. The van der Waals surface area contributed by atoms with E-state index in [1.807, 2.05) is 0 Å². The van der Waals surface area contributed by atoms with Crippen molar-refractivity contribution in [2.24, 2.45) is 10.7 Å². The van der Waals surface area contributed by atoms with Crippen LogP contribution in [0.1, 0.15) is 19.3 Å². The highest BCUT2D eigenvalue weighted by atomic mass is 35.5. The molecule has 0 radical (unpaired) electrons. The molecule has 122 valence electrons. The zero-order valence-electron chi connectivity index (χ0n) is 11.9. The second kappa shape index (κ2) is 7.50. The Morgan fingerprint density at radius 3 is 2.73 bits per heavy atom. The van der Waals surface area contributed by atoms with E-state index in [0.29, 0.717) is 12.0 Å². The fourth-order valence-corrected chi connectivity index (χ4v) is 3.71. The number of aliphatic imine (C=N–C) groups is 1. The van der Waals surface area contributed by atoms with Crippen molar-refractivity contribution in [2.45, 2.75) is 30.2 Å². The van der Waals surface area contributed by atoms with Crippen LogP contribution in [0.4, 0.5) is 0 Å². The van der Waals surface area contributed by atoms with Crippen LogP contribution in [0, 0.1) is 0 Å². The predicted molar refractivity (Wildman–Crippen MR) is 88.9 cm³/mol. The maximum absolute atomic E-state index is 12.1. The van der Waals surface area contributed by atoms with Crippen LogP contribution >= 0.6 is 23.2 Å². The van der Waals surface area contributed by atoms with Gasteiger partial charge in [0.2, 0.25) is 10.0 Å². The van der Waals surface area contributed by atoms with Crippen molar-refractivity contribution in [3.63, 3.8) is 0 Å². The highest BCUT2D eigenvalue weighted by Crippen LogP contribution is 2.28. The SMILES string of the molecule is NC(=NCCNS(=O)(=O)c1cccc(Cl)c1Cl)NC1CCC1. The average Bonchev–Trinajstić information content (AvgIpc) is 2.42. The Labute approximate surface area is 140 Å². The van der Waals surface area contributed by atoms with Crippen LogP contribution in [0.3, 0.4) is 0 Å². The van der Waals surface area contributed by atoms with Gasteiger partial charge in [-0.25, -0.2) is 13.1 Å².